The van der Waals surface area contributed by atoms with Crippen LogP contribution < -0.4 is 4.90 Å². The van der Waals surface area contributed by atoms with E-state index in [2.05, 4.69) is 4.98 Å². The van der Waals surface area contributed by atoms with Gasteiger partial charge in [-0.3, -0.25) is 9.69 Å². The lowest BCUT2D eigenvalue weighted by atomic mass is 10.1. The van der Waals surface area contributed by atoms with E-state index in [0.29, 0.717) is 23.3 Å². The summed E-state index contributed by atoms with van der Waals surface area (Å²) in [4.78, 5) is 21.2. The van der Waals surface area contributed by atoms with E-state index in [4.69, 9.17) is 23.2 Å². The van der Waals surface area contributed by atoms with Crippen molar-refractivity contribution in [3.8, 4) is 0 Å². The summed E-state index contributed by atoms with van der Waals surface area (Å²) >= 11 is 12.7. The molecule has 0 spiro atoms. The van der Waals surface area contributed by atoms with Crippen molar-refractivity contribution in [2.24, 2.45) is 0 Å². The van der Waals surface area contributed by atoms with Gasteiger partial charge in [-0.15, -0.1) is 0 Å². The largest absolute Gasteiger partial charge is 0.310 e. The van der Waals surface area contributed by atoms with Gasteiger partial charge in [-0.05, 0) is 37.7 Å². The quantitative estimate of drug-likeness (QED) is 0.592. The molecule has 6 heteroatoms. The van der Waals surface area contributed by atoms with Crippen molar-refractivity contribution in [2.75, 3.05) is 18.5 Å². The van der Waals surface area contributed by atoms with Crippen molar-refractivity contribution in [1.29, 1.82) is 0 Å². The lowest BCUT2D eigenvalue weighted by Gasteiger charge is -2.24. The van der Waals surface area contributed by atoms with Crippen molar-refractivity contribution >= 4 is 45.7 Å². The Morgan fingerprint density at radius 1 is 1.15 bits per heavy atom. The maximum Gasteiger partial charge on any atom is 0.244 e. The molecule has 1 aliphatic rings. The third-order valence-corrected chi connectivity index (χ3v) is 5.67. The van der Waals surface area contributed by atoms with Crippen LogP contribution in [-0.4, -0.2) is 35.4 Å². The first-order chi connectivity index (χ1) is 13.0. The molecule has 0 radical (unpaired) electrons. The normalized spacial score (nSPS) is 17.3. The fourth-order valence-corrected chi connectivity index (χ4v) is 4.05. The van der Waals surface area contributed by atoms with Gasteiger partial charge < -0.3 is 4.90 Å². The SMILES string of the molecule is CN(Cc1cc2ccccc2nc1Cl)C1CCN(c2ccccc2Cl)C1=O. The number of para-hydroxylation sites is 2. The summed E-state index contributed by atoms with van der Waals surface area (Å²) in [7, 11) is 1.95. The molecule has 0 N–H and O–H groups in total. The minimum absolute atomic E-state index is 0.0653. The number of benzene rings is 2. The van der Waals surface area contributed by atoms with Crippen molar-refractivity contribution in [3.63, 3.8) is 0 Å². The zero-order valence-corrected chi connectivity index (χ0v) is 16.4. The number of rotatable bonds is 4. The standard InChI is InChI=1S/C21H19Cl2N3O/c1-25(13-15-12-14-6-2-4-8-17(14)24-20(15)23)19-10-11-26(21(19)27)18-9-5-3-7-16(18)22/h2-9,12,19H,10-11,13H2,1H3. The molecule has 1 aromatic heterocycles. The van der Waals surface area contributed by atoms with Crippen LogP contribution in [0.5, 0.6) is 0 Å². The molecular weight excluding hydrogens is 381 g/mol. The molecule has 2 aromatic carbocycles. The summed E-state index contributed by atoms with van der Waals surface area (Å²) in [6.07, 6.45) is 0.749. The second kappa shape index (κ2) is 7.47. The maximum absolute atomic E-state index is 13.0. The van der Waals surface area contributed by atoms with E-state index in [9.17, 15) is 4.79 Å². The molecule has 1 aliphatic heterocycles. The number of fused-ring (bicyclic) bond motifs is 1. The van der Waals surface area contributed by atoms with Gasteiger partial charge in [0.05, 0.1) is 22.3 Å². The second-order valence-electron chi connectivity index (χ2n) is 6.79. The topological polar surface area (TPSA) is 36.4 Å². The Kier molecular flexibility index (Phi) is 5.04. The number of carbonyl (C=O) groups excluding carboxylic acids is 1. The van der Waals surface area contributed by atoms with E-state index in [0.717, 1.165) is 28.6 Å². The van der Waals surface area contributed by atoms with Crippen molar-refractivity contribution in [3.05, 3.63) is 70.3 Å². The Morgan fingerprint density at radius 3 is 2.70 bits per heavy atom. The van der Waals surface area contributed by atoms with Gasteiger partial charge in [0.15, 0.2) is 0 Å². The van der Waals surface area contributed by atoms with Crippen LogP contribution in [-0.2, 0) is 11.3 Å². The first-order valence-electron chi connectivity index (χ1n) is 8.85. The summed E-state index contributed by atoms with van der Waals surface area (Å²) in [5.74, 6) is 0.0653. The number of carbonyl (C=O) groups is 1. The van der Waals surface area contributed by atoms with Crippen LogP contribution >= 0.6 is 23.2 Å². The zero-order valence-electron chi connectivity index (χ0n) is 14.9. The highest BCUT2D eigenvalue weighted by molar-refractivity contribution is 6.34. The maximum atomic E-state index is 13.0. The van der Waals surface area contributed by atoms with Crippen LogP contribution in [0.15, 0.2) is 54.6 Å². The Balaban J connectivity index is 1.54. The van der Waals surface area contributed by atoms with Crippen LogP contribution in [0, 0.1) is 0 Å². The lowest BCUT2D eigenvalue weighted by Crippen LogP contribution is -2.39. The fourth-order valence-electron chi connectivity index (χ4n) is 3.61. The molecule has 1 atom stereocenters. The Bertz CT molecular complexity index is 1010. The van der Waals surface area contributed by atoms with Crippen LogP contribution in [0.2, 0.25) is 10.2 Å². The van der Waals surface area contributed by atoms with Gasteiger partial charge in [0, 0.05) is 24.0 Å². The second-order valence-corrected chi connectivity index (χ2v) is 7.56. The minimum Gasteiger partial charge on any atom is -0.310 e. The predicted octanol–water partition coefficient (Wildman–Crippen LogP) is 4.78. The van der Waals surface area contributed by atoms with Gasteiger partial charge in [-0.25, -0.2) is 4.98 Å². The number of likely N-dealkylation sites (N-methyl/N-ethyl adjacent to an activating group) is 1. The minimum atomic E-state index is -0.205. The molecule has 1 amide bonds. The van der Waals surface area contributed by atoms with E-state index in [-0.39, 0.29) is 11.9 Å². The van der Waals surface area contributed by atoms with E-state index in [1.165, 1.54) is 0 Å². The van der Waals surface area contributed by atoms with E-state index in [1.807, 2.05) is 66.5 Å². The van der Waals surface area contributed by atoms with Crippen LogP contribution in [0.1, 0.15) is 12.0 Å². The molecule has 1 unspecified atom stereocenters. The van der Waals surface area contributed by atoms with E-state index >= 15 is 0 Å². The average molecular weight is 400 g/mol. The molecule has 1 saturated heterocycles. The number of halogens is 2. The smallest absolute Gasteiger partial charge is 0.244 e. The lowest BCUT2D eigenvalue weighted by molar-refractivity contribution is -0.121. The monoisotopic (exact) mass is 399 g/mol. The fraction of sp³-hybridized carbons (Fsp3) is 0.238. The third kappa shape index (κ3) is 3.53. The number of nitrogens with zero attached hydrogens (tertiary/aromatic N) is 3. The van der Waals surface area contributed by atoms with Crippen LogP contribution in [0.25, 0.3) is 10.9 Å². The predicted molar refractivity (Wildman–Crippen MR) is 110 cm³/mol. The number of aromatic nitrogens is 1. The summed E-state index contributed by atoms with van der Waals surface area (Å²) in [5.41, 5.74) is 2.56. The zero-order chi connectivity index (χ0) is 19.0. The van der Waals surface area contributed by atoms with Gasteiger partial charge in [-0.2, -0.15) is 0 Å². The van der Waals surface area contributed by atoms with Crippen LogP contribution in [0.3, 0.4) is 0 Å². The molecule has 0 aliphatic carbocycles. The molecular formula is C21H19Cl2N3O. The Hall–Kier alpha value is -2.14. The van der Waals surface area contributed by atoms with Gasteiger partial charge in [-0.1, -0.05) is 53.5 Å². The Labute approximate surface area is 168 Å². The average Bonchev–Trinajstić information content (AvgIpc) is 3.04. The summed E-state index contributed by atoms with van der Waals surface area (Å²) < 4.78 is 0. The number of hydrogen-bond acceptors (Lipinski definition) is 3. The highest BCUT2D eigenvalue weighted by Gasteiger charge is 2.36. The molecule has 3 aromatic rings. The number of anilines is 1. The first-order valence-corrected chi connectivity index (χ1v) is 9.60. The summed E-state index contributed by atoms with van der Waals surface area (Å²) in [5, 5.41) is 2.12. The van der Waals surface area contributed by atoms with Crippen molar-refractivity contribution in [2.45, 2.75) is 19.0 Å². The molecule has 4 rings (SSSR count). The highest BCUT2D eigenvalue weighted by Crippen LogP contribution is 2.31. The molecule has 27 heavy (non-hydrogen) atoms. The van der Waals surface area contributed by atoms with Gasteiger partial charge in [0.2, 0.25) is 5.91 Å². The summed E-state index contributed by atoms with van der Waals surface area (Å²) in [6, 6.07) is 17.2. The number of hydrogen-bond donors (Lipinski definition) is 0. The van der Waals surface area contributed by atoms with Crippen molar-refractivity contribution in [1.82, 2.24) is 9.88 Å². The molecule has 4 nitrogen and oxygen atoms in total. The molecule has 2 heterocycles. The molecule has 138 valence electrons. The first kappa shape index (κ1) is 18.2. The van der Waals surface area contributed by atoms with Gasteiger partial charge in [0.25, 0.3) is 0 Å². The van der Waals surface area contributed by atoms with Crippen molar-refractivity contribution < 1.29 is 4.79 Å². The molecule has 0 saturated carbocycles. The molecule has 1 fully saturated rings. The molecule has 0 bridgehead atoms. The van der Waals surface area contributed by atoms with E-state index in [1.54, 1.807) is 4.90 Å². The number of amides is 1. The van der Waals surface area contributed by atoms with E-state index < -0.39 is 0 Å². The summed E-state index contributed by atoms with van der Waals surface area (Å²) in [6.45, 7) is 1.21. The van der Waals surface area contributed by atoms with Gasteiger partial charge >= 0.3 is 0 Å². The Morgan fingerprint density at radius 2 is 1.89 bits per heavy atom. The highest BCUT2D eigenvalue weighted by atomic mass is 35.5. The van der Waals surface area contributed by atoms with Crippen LogP contribution in [0.4, 0.5) is 5.69 Å². The van der Waals surface area contributed by atoms with Gasteiger partial charge in [0.1, 0.15) is 5.15 Å². The third-order valence-electron chi connectivity index (χ3n) is 5.02. The number of pyridine rings is 1.